The van der Waals surface area contributed by atoms with E-state index in [0.717, 1.165) is 23.4 Å². The first-order valence-corrected chi connectivity index (χ1v) is 6.99. The van der Waals surface area contributed by atoms with Gasteiger partial charge in [0.25, 0.3) is 0 Å². The first-order valence-electron chi connectivity index (χ1n) is 6.62. The predicted molar refractivity (Wildman–Crippen MR) is 81.7 cm³/mol. The Morgan fingerprint density at radius 3 is 2.81 bits per heavy atom. The summed E-state index contributed by atoms with van der Waals surface area (Å²) in [6.07, 6.45) is 5.25. The number of halogens is 1. The van der Waals surface area contributed by atoms with Crippen LogP contribution in [0.15, 0.2) is 59.5 Å². The summed E-state index contributed by atoms with van der Waals surface area (Å²) in [6, 6.07) is 11.4. The van der Waals surface area contributed by atoms with Crippen LogP contribution >= 0.6 is 11.6 Å². The lowest BCUT2D eigenvalue weighted by atomic mass is 10.2. The summed E-state index contributed by atoms with van der Waals surface area (Å²) in [5.41, 5.74) is 2.78. The second-order valence-corrected chi connectivity index (χ2v) is 5.00. The van der Waals surface area contributed by atoms with Gasteiger partial charge in [0.15, 0.2) is 0 Å². The first kappa shape index (κ1) is 13.8. The molecule has 3 rings (SSSR count). The van der Waals surface area contributed by atoms with Crippen LogP contribution in [0, 0.1) is 0 Å². The number of hydrogen-bond acceptors (Lipinski definition) is 4. The van der Waals surface area contributed by atoms with E-state index in [4.69, 9.17) is 16.0 Å². The monoisotopic (exact) mass is 299 g/mol. The lowest BCUT2D eigenvalue weighted by Crippen LogP contribution is -2.12. The molecule has 106 valence electrons. The number of pyridine rings is 1. The maximum Gasteiger partial charge on any atom is 0.227 e. The third-order valence-electron chi connectivity index (χ3n) is 3.01. The Morgan fingerprint density at radius 1 is 1.10 bits per heavy atom. The van der Waals surface area contributed by atoms with Gasteiger partial charge < -0.3 is 9.73 Å². The van der Waals surface area contributed by atoms with Crippen LogP contribution in [0.5, 0.6) is 0 Å². The van der Waals surface area contributed by atoms with E-state index in [1.165, 1.54) is 0 Å². The molecule has 0 aliphatic heterocycles. The molecule has 0 aliphatic rings. The average Bonchev–Trinajstić information content (AvgIpc) is 2.97. The predicted octanol–water partition coefficient (Wildman–Crippen LogP) is 3.68. The zero-order valence-electron chi connectivity index (χ0n) is 11.3. The second kappa shape index (κ2) is 6.52. The van der Waals surface area contributed by atoms with Gasteiger partial charge in [-0.1, -0.05) is 29.8 Å². The molecule has 3 aromatic rings. The molecule has 0 aliphatic carbocycles. The Morgan fingerprint density at radius 2 is 2.00 bits per heavy atom. The lowest BCUT2D eigenvalue weighted by molar-refractivity contribution is 0.570. The molecule has 1 N–H and O–H groups in total. The standard InChI is InChI=1S/C16H14ClN3O/c17-15-6-2-1-5-14(15)16-20-13(11-21-16)10-19-9-12-4-3-7-18-8-12/h1-8,11,19H,9-10H2. The zero-order valence-corrected chi connectivity index (χ0v) is 12.0. The van der Waals surface area contributed by atoms with E-state index in [0.29, 0.717) is 17.5 Å². The molecular weight excluding hydrogens is 286 g/mol. The van der Waals surface area contributed by atoms with E-state index in [1.807, 2.05) is 42.6 Å². The van der Waals surface area contributed by atoms with Crippen molar-refractivity contribution in [3.8, 4) is 11.5 Å². The largest absolute Gasteiger partial charge is 0.444 e. The van der Waals surface area contributed by atoms with Gasteiger partial charge in [-0.15, -0.1) is 0 Å². The van der Waals surface area contributed by atoms with E-state index in [9.17, 15) is 0 Å². The second-order valence-electron chi connectivity index (χ2n) is 4.59. The number of nitrogens with one attached hydrogen (secondary N) is 1. The molecule has 4 nitrogen and oxygen atoms in total. The smallest absolute Gasteiger partial charge is 0.227 e. The van der Waals surface area contributed by atoms with Crippen molar-refractivity contribution in [3.63, 3.8) is 0 Å². The Hall–Kier alpha value is -2.17. The quantitative estimate of drug-likeness (QED) is 0.781. The summed E-state index contributed by atoms with van der Waals surface area (Å²) in [6.45, 7) is 1.37. The molecule has 0 unspecified atom stereocenters. The molecule has 2 aromatic heterocycles. The van der Waals surface area contributed by atoms with Crippen molar-refractivity contribution in [1.29, 1.82) is 0 Å². The SMILES string of the molecule is Clc1ccccc1-c1nc(CNCc2cccnc2)co1. The molecule has 0 saturated heterocycles. The van der Waals surface area contributed by atoms with Gasteiger partial charge in [-0.2, -0.15) is 0 Å². The highest BCUT2D eigenvalue weighted by Crippen LogP contribution is 2.26. The molecule has 5 heteroatoms. The fourth-order valence-corrected chi connectivity index (χ4v) is 2.20. The van der Waals surface area contributed by atoms with Crippen molar-refractivity contribution in [2.45, 2.75) is 13.1 Å². The molecular formula is C16H14ClN3O. The Kier molecular flexibility index (Phi) is 4.28. The van der Waals surface area contributed by atoms with Crippen LogP contribution in [0.4, 0.5) is 0 Å². The minimum Gasteiger partial charge on any atom is -0.444 e. The molecule has 21 heavy (non-hydrogen) atoms. The van der Waals surface area contributed by atoms with E-state index in [2.05, 4.69) is 15.3 Å². The van der Waals surface area contributed by atoms with Gasteiger partial charge in [-0.25, -0.2) is 4.98 Å². The van der Waals surface area contributed by atoms with Crippen molar-refractivity contribution < 1.29 is 4.42 Å². The summed E-state index contributed by atoms with van der Waals surface area (Å²) in [5.74, 6) is 0.541. The van der Waals surface area contributed by atoms with Crippen LogP contribution in [-0.2, 0) is 13.1 Å². The van der Waals surface area contributed by atoms with Gasteiger partial charge in [0.1, 0.15) is 6.26 Å². The van der Waals surface area contributed by atoms with Crippen molar-refractivity contribution in [2.75, 3.05) is 0 Å². The summed E-state index contributed by atoms with van der Waals surface area (Å²) >= 11 is 6.13. The van der Waals surface area contributed by atoms with E-state index >= 15 is 0 Å². The van der Waals surface area contributed by atoms with Crippen LogP contribution in [-0.4, -0.2) is 9.97 Å². The maximum atomic E-state index is 6.13. The minimum atomic E-state index is 0.541. The van der Waals surface area contributed by atoms with Crippen molar-refractivity contribution in [1.82, 2.24) is 15.3 Å². The van der Waals surface area contributed by atoms with Gasteiger partial charge in [0.2, 0.25) is 5.89 Å². The van der Waals surface area contributed by atoms with Crippen LogP contribution < -0.4 is 5.32 Å². The fraction of sp³-hybridized carbons (Fsp3) is 0.125. The molecule has 0 spiro atoms. The third kappa shape index (κ3) is 3.48. The van der Waals surface area contributed by atoms with Gasteiger partial charge >= 0.3 is 0 Å². The summed E-state index contributed by atoms with van der Waals surface area (Å²) in [4.78, 5) is 8.52. The topological polar surface area (TPSA) is 51.0 Å². The Balaban J connectivity index is 1.62. The van der Waals surface area contributed by atoms with Crippen LogP contribution in [0.3, 0.4) is 0 Å². The zero-order chi connectivity index (χ0) is 14.5. The number of aromatic nitrogens is 2. The van der Waals surface area contributed by atoms with E-state index in [1.54, 1.807) is 12.5 Å². The van der Waals surface area contributed by atoms with Crippen LogP contribution in [0.25, 0.3) is 11.5 Å². The maximum absolute atomic E-state index is 6.13. The molecule has 1 aromatic carbocycles. The summed E-state index contributed by atoms with van der Waals surface area (Å²) in [5, 5.41) is 3.94. The molecule has 0 bridgehead atoms. The Labute approximate surface area is 127 Å². The molecule has 0 atom stereocenters. The van der Waals surface area contributed by atoms with E-state index < -0.39 is 0 Å². The minimum absolute atomic E-state index is 0.541. The molecule has 0 saturated carbocycles. The summed E-state index contributed by atoms with van der Waals surface area (Å²) in [7, 11) is 0. The van der Waals surface area contributed by atoms with Crippen LogP contribution in [0.2, 0.25) is 5.02 Å². The number of benzene rings is 1. The van der Waals surface area contributed by atoms with Crippen molar-refractivity contribution >= 4 is 11.6 Å². The van der Waals surface area contributed by atoms with Gasteiger partial charge in [0.05, 0.1) is 16.3 Å². The third-order valence-corrected chi connectivity index (χ3v) is 3.34. The fourth-order valence-electron chi connectivity index (χ4n) is 1.98. The normalized spacial score (nSPS) is 10.7. The van der Waals surface area contributed by atoms with E-state index in [-0.39, 0.29) is 0 Å². The first-order chi connectivity index (χ1) is 10.3. The highest BCUT2D eigenvalue weighted by molar-refractivity contribution is 6.33. The van der Waals surface area contributed by atoms with Gasteiger partial charge in [-0.3, -0.25) is 4.98 Å². The highest BCUT2D eigenvalue weighted by atomic mass is 35.5. The number of nitrogens with zero attached hydrogens (tertiary/aromatic N) is 2. The molecule has 0 radical (unpaired) electrons. The molecule has 0 fully saturated rings. The number of oxazole rings is 1. The highest BCUT2D eigenvalue weighted by Gasteiger charge is 2.09. The average molecular weight is 300 g/mol. The van der Waals surface area contributed by atoms with Gasteiger partial charge in [-0.05, 0) is 23.8 Å². The number of rotatable bonds is 5. The number of hydrogen-bond donors (Lipinski definition) is 1. The van der Waals surface area contributed by atoms with Crippen LogP contribution in [0.1, 0.15) is 11.3 Å². The van der Waals surface area contributed by atoms with Gasteiger partial charge in [0, 0.05) is 25.5 Å². The summed E-state index contributed by atoms with van der Waals surface area (Å²) < 4.78 is 5.49. The molecule has 2 heterocycles. The molecule has 0 amide bonds. The Bertz CT molecular complexity index is 712. The van der Waals surface area contributed by atoms with Crippen molar-refractivity contribution in [2.24, 2.45) is 0 Å². The lowest BCUT2D eigenvalue weighted by Gasteiger charge is -2.01. The van der Waals surface area contributed by atoms with Crippen molar-refractivity contribution in [3.05, 3.63) is 71.3 Å².